The van der Waals surface area contributed by atoms with Crippen LogP contribution in [0.1, 0.15) is 26.4 Å². The molecule has 4 rings (SSSR count). The number of carbonyl (C=O) groups is 2. The summed E-state index contributed by atoms with van der Waals surface area (Å²) in [7, 11) is 0. The first-order chi connectivity index (χ1) is 15.0. The predicted molar refractivity (Wildman–Crippen MR) is 119 cm³/mol. The zero-order chi connectivity index (χ0) is 21.8. The van der Waals surface area contributed by atoms with E-state index in [0.29, 0.717) is 21.1 Å². The summed E-state index contributed by atoms with van der Waals surface area (Å²) < 4.78 is 5.48. The van der Waals surface area contributed by atoms with Crippen molar-refractivity contribution in [2.24, 2.45) is 0 Å². The quantitative estimate of drug-likeness (QED) is 0.406. The van der Waals surface area contributed by atoms with E-state index < -0.39 is 11.9 Å². The lowest BCUT2D eigenvalue weighted by Gasteiger charge is -2.08. The molecule has 0 aliphatic rings. The number of nitrogens with zero attached hydrogens (tertiary/aromatic N) is 2. The van der Waals surface area contributed by atoms with Crippen molar-refractivity contribution in [1.82, 2.24) is 9.97 Å². The Morgan fingerprint density at radius 3 is 2.48 bits per heavy atom. The van der Waals surface area contributed by atoms with Gasteiger partial charge in [0, 0.05) is 5.69 Å². The minimum atomic E-state index is -0.876. The van der Waals surface area contributed by atoms with Gasteiger partial charge in [0.05, 0.1) is 11.8 Å². The summed E-state index contributed by atoms with van der Waals surface area (Å²) in [6.07, 6.45) is 1.41. The van der Waals surface area contributed by atoms with Crippen molar-refractivity contribution in [3.8, 4) is 0 Å². The molecular weight excluding hydrogens is 414 g/mol. The maximum absolute atomic E-state index is 12.7. The summed E-state index contributed by atoms with van der Waals surface area (Å²) in [6, 6.07) is 16.6. The molecule has 0 saturated carbocycles. The van der Waals surface area contributed by atoms with Crippen LogP contribution >= 0.6 is 11.3 Å². The maximum atomic E-state index is 12.7. The molecule has 4 aromatic rings. The van der Waals surface area contributed by atoms with Gasteiger partial charge in [-0.25, -0.2) is 14.8 Å². The molecule has 0 atom stereocenters. The van der Waals surface area contributed by atoms with Crippen LogP contribution in [-0.2, 0) is 22.6 Å². The molecule has 0 fully saturated rings. The topological polar surface area (TPSA) is 101 Å². The molecule has 2 aromatic carbocycles. The van der Waals surface area contributed by atoms with Crippen LogP contribution in [-0.4, -0.2) is 27.0 Å². The number of carboxylic acid groups (broad SMARTS) is 1. The first-order valence-electron chi connectivity index (χ1n) is 9.54. The number of fused-ring (bicyclic) bond motifs is 1. The molecule has 2 aromatic heterocycles. The number of anilines is 2. The summed E-state index contributed by atoms with van der Waals surface area (Å²) in [4.78, 5) is 33.3. The van der Waals surface area contributed by atoms with E-state index in [-0.39, 0.29) is 13.0 Å². The average molecular weight is 433 g/mol. The number of hydrogen-bond acceptors (Lipinski definition) is 7. The van der Waals surface area contributed by atoms with Crippen molar-refractivity contribution in [2.75, 3.05) is 5.32 Å². The van der Waals surface area contributed by atoms with Crippen molar-refractivity contribution in [3.63, 3.8) is 0 Å². The molecule has 2 N–H and O–H groups in total. The number of ether oxygens (including phenoxy) is 1. The van der Waals surface area contributed by atoms with Crippen molar-refractivity contribution in [3.05, 3.63) is 82.5 Å². The number of aliphatic carboxylic acids is 1. The highest BCUT2D eigenvalue weighted by Crippen LogP contribution is 2.35. The van der Waals surface area contributed by atoms with Gasteiger partial charge in [-0.3, -0.25) is 4.79 Å². The van der Waals surface area contributed by atoms with E-state index in [4.69, 9.17) is 9.84 Å². The van der Waals surface area contributed by atoms with Crippen LogP contribution in [0.25, 0.3) is 10.2 Å². The van der Waals surface area contributed by atoms with E-state index >= 15 is 0 Å². The summed E-state index contributed by atoms with van der Waals surface area (Å²) in [5.41, 5.74) is 3.14. The van der Waals surface area contributed by atoms with E-state index in [2.05, 4.69) is 15.3 Å². The third kappa shape index (κ3) is 4.70. The molecule has 0 saturated heterocycles. The molecule has 0 bridgehead atoms. The third-order valence-electron chi connectivity index (χ3n) is 4.70. The van der Waals surface area contributed by atoms with Gasteiger partial charge in [-0.2, -0.15) is 0 Å². The van der Waals surface area contributed by atoms with E-state index in [1.165, 1.54) is 17.7 Å². The van der Waals surface area contributed by atoms with Crippen molar-refractivity contribution in [2.45, 2.75) is 20.0 Å². The summed E-state index contributed by atoms with van der Waals surface area (Å²) >= 11 is 1.27. The molecule has 0 aliphatic heterocycles. The first-order valence-corrected chi connectivity index (χ1v) is 10.4. The van der Waals surface area contributed by atoms with E-state index in [1.54, 1.807) is 24.3 Å². The standard InChI is InChI=1S/C23H19N3O4S/c1-14-19-21(26-17-9-7-15(8-10-17)11-18(27)28)24-13-25-22(19)31-20(14)23(29)30-12-16-5-3-2-4-6-16/h2-10,13H,11-12H2,1H3,(H,27,28)(H,24,25,26). The van der Waals surface area contributed by atoms with Crippen molar-refractivity contribution in [1.29, 1.82) is 0 Å². The number of carboxylic acids is 1. The Kier molecular flexibility index (Phi) is 5.90. The fraction of sp³-hybridized carbons (Fsp3) is 0.130. The highest BCUT2D eigenvalue weighted by atomic mass is 32.1. The van der Waals surface area contributed by atoms with Crippen LogP contribution in [0.5, 0.6) is 0 Å². The van der Waals surface area contributed by atoms with Crippen LogP contribution in [0.2, 0.25) is 0 Å². The van der Waals surface area contributed by atoms with Gasteiger partial charge in [0.15, 0.2) is 0 Å². The van der Waals surface area contributed by atoms with E-state index in [0.717, 1.165) is 22.2 Å². The highest BCUT2D eigenvalue weighted by molar-refractivity contribution is 7.20. The fourth-order valence-electron chi connectivity index (χ4n) is 3.17. The van der Waals surface area contributed by atoms with Gasteiger partial charge in [-0.15, -0.1) is 11.3 Å². The molecule has 0 spiro atoms. The minimum Gasteiger partial charge on any atom is -0.481 e. The Labute approximate surface area is 182 Å². The maximum Gasteiger partial charge on any atom is 0.349 e. The second-order valence-corrected chi connectivity index (χ2v) is 7.91. The first kappa shape index (κ1) is 20.5. The van der Waals surface area contributed by atoms with Gasteiger partial charge in [0.2, 0.25) is 0 Å². The zero-order valence-corrected chi connectivity index (χ0v) is 17.5. The fourth-order valence-corrected chi connectivity index (χ4v) is 4.21. The van der Waals surface area contributed by atoms with Gasteiger partial charge in [-0.05, 0) is 35.7 Å². The molecule has 31 heavy (non-hydrogen) atoms. The van der Waals surface area contributed by atoms with Gasteiger partial charge >= 0.3 is 11.9 Å². The second kappa shape index (κ2) is 8.93. The molecule has 0 amide bonds. The zero-order valence-electron chi connectivity index (χ0n) is 16.7. The Morgan fingerprint density at radius 2 is 1.77 bits per heavy atom. The van der Waals surface area contributed by atoms with Crippen molar-refractivity contribution >= 4 is 45.0 Å². The van der Waals surface area contributed by atoms with Gasteiger partial charge < -0.3 is 15.2 Å². The predicted octanol–water partition coefficient (Wildman–Crippen LogP) is 4.73. The number of carbonyl (C=O) groups excluding carboxylic acids is 1. The summed E-state index contributed by atoms with van der Waals surface area (Å²) in [5, 5.41) is 12.9. The van der Waals surface area contributed by atoms with E-state index in [1.807, 2.05) is 37.3 Å². The van der Waals surface area contributed by atoms with Gasteiger partial charge in [0.25, 0.3) is 0 Å². The third-order valence-corrected chi connectivity index (χ3v) is 5.88. The molecule has 156 valence electrons. The lowest BCUT2D eigenvalue weighted by Crippen LogP contribution is -2.04. The summed E-state index contributed by atoms with van der Waals surface area (Å²) in [6.45, 7) is 2.05. The Balaban J connectivity index is 1.56. The van der Waals surface area contributed by atoms with Crippen LogP contribution in [0, 0.1) is 6.92 Å². The molecule has 0 unspecified atom stereocenters. The highest BCUT2D eigenvalue weighted by Gasteiger charge is 2.20. The Bertz CT molecular complexity index is 1240. The molecular formula is C23H19N3O4S. The van der Waals surface area contributed by atoms with Crippen molar-refractivity contribution < 1.29 is 19.4 Å². The van der Waals surface area contributed by atoms with Crippen LogP contribution in [0.4, 0.5) is 11.5 Å². The number of benzene rings is 2. The molecule has 2 heterocycles. The van der Waals surface area contributed by atoms with Crippen LogP contribution in [0.3, 0.4) is 0 Å². The normalized spacial score (nSPS) is 10.7. The Morgan fingerprint density at radius 1 is 1.03 bits per heavy atom. The van der Waals surface area contributed by atoms with Crippen LogP contribution in [0.15, 0.2) is 60.9 Å². The lowest BCUT2D eigenvalue weighted by atomic mass is 10.1. The second-order valence-electron chi connectivity index (χ2n) is 6.91. The lowest BCUT2D eigenvalue weighted by molar-refractivity contribution is -0.136. The summed E-state index contributed by atoms with van der Waals surface area (Å²) in [5.74, 6) is -0.695. The number of nitrogens with one attached hydrogen (secondary N) is 1. The molecule has 0 aliphatic carbocycles. The molecule has 0 radical (unpaired) electrons. The molecule has 7 nitrogen and oxygen atoms in total. The van der Waals surface area contributed by atoms with Gasteiger partial charge in [0.1, 0.15) is 28.5 Å². The largest absolute Gasteiger partial charge is 0.481 e. The minimum absolute atomic E-state index is 0.0316. The van der Waals surface area contributed by atoms with Gasteiger partial charge in [-0.1, -0.05) is 42.5 Å². The number of thiophene rings is 1. The number of esters is 1. The average Bonchev–Trinajstić information content (AvgIpc) is 3.11. The number of rotatable bonds is 7. The SMILES string of the molecule is Cc1c(C(=O)OCc2ccccc2)sc2ncnc(Nc3ccc(CC(=O)O)cc3)c12. The van der Waals surface area contributed by atoms with E-state index in [9.17, 15) is 9.59 Å². The number of aromatic nitrogens is 2. The Hall–Kier alpha value is -3.78. The number of hydrogen-bond donors (Lipinski definition) is 2. The number of aryl methyl sites for hydroxylation is 1. The molecule has 8 heteroatoms. The monoisotopic (exact) mass is 433 g/mol. The van der Waals surface area contributed by atoms with Crippen LogP contribution < -0.4 is 5.32 Å². The smallest absolute Gasteiger partial charge is 0.349 e.